The second-order valence-electron chi connectivity index (χ2n) is 18.9. The van der Waals surface area contributed by atoms with E-state index in [1.807, 2.05) is 32.0 Å². The van der Waals surface area contributed by atoms with Crippen LogP contribution in [-0.4, -0.2) is 112 Å². The fourth-order valence-electron chi connectivity index (χ4n) is 9.39. The van der Waals surface area contributed by atoms with Gasteiger partial charge in [-0.1, -0.05) is 53.0 Å². The van der Waals surface area contributed by atoms with Crippen LogP contribution in [0.15, 0.2) is 79.7 Å². The Morgan fingerprint density at radius 3 is 2.58 bits per heavy atom. The number of phenols is 1. The van der Waals surface area contributed by atoms with Crippen LogP contribution in [0.5, 0.6) is 5.75 Å². The lowest BCUT2D eigenvalue weighted by molar-refractivity contribution is -0.155. The first-order chi connectivity index (χ1) is 31.9. The van der Waals surface area contributed by atoms with Crippen molar-refractivity contribution < 1.29 is 38.6 Å². The maximum atomic E-state index is 14.8. The van der Waals surface area contributed by atoms with Crippen LogP contribution in [0.4, 0.5) is 0 Å². The smallest absolute Gasteiger partial charge is 0.324 e. The summed E-state index contributed by atoms with van der Waals surface area (Å²) in [5.41, 5.74) is 9.68. The lowest BCUT2D eigenvalue weighted by Crippen LogP contribution is -2.58. The van der Waals surface area contributed by atoms with E-state index in [2.05, 4.69) is 67.4 Å². The Bertz CT molecular complexity index is 2530. The van der Waals surface area contributed by atoms with Gasteiger partial charge >= 0.3 is 5.97 Å². The van der Waals surface area contributed by atoms with Gasteiger partial charge in [0.15, 0.2) is 0 Å². The molecule has 2 aromatic carbocycles. The number of fused-ring (bicyclic) bond motifs is 6. The van der Waals surface area contributed by atoms with Crippen LogP contribution in [0, 0.1) is 17.3 Å². The third-order valence-corrected chi connectivity index (χ3v) is 12.8. The Morgan fingerprint density at radius 1 is 1.12 bits per heavy atom. The lowest BCUT2D eigenvalue weighted by Gasteiger charge is -2.36. The Balaban J connectivity index is 1.40. The molecule has 0 unspecified atom stereocenters. The number of esters is 1. The third kappa shape index (κ3) is 11.5. The van der Waals surface area contributed by atoms with Gasteiger partial charge in [0.2, 0.25) is 23.6 Å². The molecule has 2 aliphatic rings. The highest BCUT2D eigenvalue weighted by molar-refractivity contribution is 5.96. The third-order valence-electron chi connectivity index (χ3n) is 12.8. The van der Waals surface area contributed by atoms with Gasteiger partial charge in [0.05, 0.1) is 30.5 Å². The van der Waals surface area contributed by atoms with Crippen molar-refractivity contribution in [2.24, 2.45) is 17.3 Å². The molecule has 358 valence electrons. The Morgan fingerprint density at radius 2 is 1.88 bits per heavy atom. The zero-order valence-corrected chi connectivity index (χ0v) is 40.3. The van der Waals surface area contributed by atoms with E-state index in [0.717, 1.165) is 44.5 Å². The van der Waals surface area contributed by atoms with Gasteiger partial charge in [0, 0.05) is 81.0 Å². The molecule has 0 radical (unpaired) electrons. The van der Waals surface area contributed by atoms with E-state index in [-0.39, 0.29) is 55.2 Å². The normalized spacial score (nSPS) is 17.9. The first-order valence-electron chi connectivity index (χ1n) is 23.2. The first kappa shape index (κ1) is 50.1. The minimum Gasteiger partial charge on any atom is -0.508 e. The highest BCUT2D eigenvalue weighted by Crippen LogP contribution is 2.41. The molecule has 0 spiro atoms. The number of likely N-dealkylation sites (N-methyl/N-ethyl adjacent to an activating group) is 2. The molecule has 4 aromatic rings. The van der Waals surface area contributed by atoms with Gasteiger partial charge in [-0.15, -0.1) is 0 Å². The van der Waals surface area contributed by atoms with Crippen molar-refractivity contribution in [3.63, 3.8) is 0 Å². The van der Waals surface area contributed by atoms with Crippen LogP contribution in [0.1, 0.15) is 77.1 Å². The molecule has 67 heavy (non-hydrogen) atoms. The topological polar surface area (TPSA) is 176 Å². The highest BCUT2D eigenvalue weighted by Gasteiger charge is 2.37. The molecule has 0 saturated carbocycles. The summed E-state index contributed by atoms with van der Waals surface area (Å²) in [6, 6.07) is 13.7. The molecule has 6 rings (SSSR count). The number of phenolic OH excluding ortho intramolecular Hbond substituents is 1. The zero-order valence-electron chi connectivity index (χ0n) is 40.3. The average molecular weight is 918 g/mol. The number of carbonyl (C=O) groups is 5. The molecule has 15 heteroatoms. The lowest BCUT2D eigenvalue weighted by atomic mass is 9.84. The van der Waals surface area contributed by atoms with Gasteiger partial charge in [-0.3, -0.25) is 34.0 Å². The van der Waals surface area contributed by atoms with E-state index < -0.39 is 41.2 Å². The molecular formula is C52H67N7O8. The second-order valence-corrected chi connectivity index (χ2v) is 18.9. The number of carbonyl (C=O) groups excluding carboxylic acids is 5. The molecule has 2 aromatic heterocycles. The van der Waals surface area contributed by atoms with Gasteiger partial charge in [-0.05, 0) is 110 Å². The molecule has 1 fully saturated rings. The van der Waals surface area contributed by atoms with E-state index in [9.17, 15) is 29.1 Å². The molecule has 1 saturated heterocycles. The molecule has 4 amide bonds. The number of rotatable bonds is 14. The van der Waals surface area contributed by atoms with Crippen LogP contribution < -0.4 is 10.7 Å². The average Bonchev–Trinajstić information content (AvgIpc) is 3.60. The minimum atomic E-state index is -1.05. The van der Waals surface area contributed by atoms with Gasteiger partial charge in [-0.25, -0.2) is 5.43 Å². The summed E-state index contributed by atoms with van der Waals surface area (Å²) in [6.07, 6.45) is 5.00. The van der Waals surface area contributed by atoms with E-state index in [0.29, 0.717) is 50.9 Å². The van der Waals surface area contributed by atoms with E-state index in [1.54, 1.807) is 39.5 Å². The number of nitrogens with zero attached hydrogens (tertiary/aromatic N) is 5. The van der Waals surface area contributed by atoms with Crippen molar-refractivity contribution in [2.45, 2.75) is 98.4 Å². The maximum Gasteiger partial charge on any atom is 0.324 e. The maximum absolute atomic E-state index is 14.8. The predicted molar refractivity (Wildman–Crippen MR) is 258 cm³/mol. The number of hydrogen-bond donors (Lipinski definition) is 3. The van der Waals surface area contributed by atoms with Gasteiger partial charge in [0.1, 0.15) is 17.8 Å². The molecular weight excluding hydrogens is 851 g/mol. The molecule has 4 heterocycles. The van der Waals surface area contributed by atoms with Crippen molar-refractivity contribution in [1.82, 2.24) is 35.1 Å². The van der Waals surface area contributed by atoms with E-state index in [4.69, 9.17) is 14.5 Å². The predicted octanol–water partition coefficient (Wildman–Crippen LogP) is 6.56. The number of hydrazine groups is 1. The summed E-state index contributed by atoms with van der Waals surface area (Å²) < 4.78 is 14.0. The first-order valence-corrected chi connectivity index (χ1v) is 23.2. The summed E-state index contributed by atoms with van der Waals surface area (Å²) in [6.45, 7) is 19.4. The number of aromatic nitrogens is 2. The number of methoxy groups -OCH3 is 1. The molecule has 2 aliphatic heterocycles. The number of aryl methyl sites for hydroxylation is 1. The van der Waals surface area contributed by atoms with E-state index in [1.165, 1.54) is 20.9 Å². The quantitative estimate of drug-likeness (QED) is 0.0929. The zero-order chi connectivity index (χ0) is 48.7. The van der Waals surface area contributed by atoms with Crippen LogP contribution >= 0.6 is 0 Å². The summed E-state index contributed by atoms with van der Waals surface area (Å²) >= 11 is 0. The number of nitrogens with one attached hydrogen (secondary N) is 2. The SMILES string of the molecule is C=CC(=O)N(C)CCCC(=O)N(C)[C@H](C(=O)NC(=C)[C@H]1Cc2cc(O)cc(c2)-c2ccc3c(c2)c(c(-c2cccnc2COC)n3CC)CC(C)(C)COC(=O)[C@@H]2CCCN(N2)C1=O)C(C)C. The summed E-state index contributed by atoms with van der Waals surface area (Å²) in [5.74, 6) is -3.33. The standard InChI is InChI=1S/C52H67N7O8/c1-11-45(61)56(8)22-15-18-46(62)57(9)47(32(3)4)49(63)54-33(5)39-26-34-24-36(27-37(60)25-34)35-19-20-44-40(28-35)41(48(58(44)12-2)38-16-13-21-53-43(38)30-66-10)29-52(6,7)31-67-51(65)42-17-14-23-59(55-42)50(39)64/h11,13,16,19-21,24-25,27-28,32,39,42,47,55,60H,1,5,12,14-15,17-18,22-23,26,29-31H2,2-4,6-10H3,(H,54,63)/t39-,42+,47+/m1/s1. The van der Waals surface area contributed by atoms with Crippen LogP contribution in [-0.2, 0) is 59.4 Å². The van der Waals surface area contributed by atoms with Gasteiger partial charge < -0.3 is 34.3 Å². The van der Waals surface area contributed by atoms with Crippen LogP contribution in [0.2, 0.25) is 0 Å². The number of cyclic esters (lactones) is 1. The van der Waals surface area contributed by atoms with Crippen LogP contribution in [0.3, 0.4) is 0 Å². The Kier molecular flexibility index (Phi) is 16.1. The monoisotopic (exact) mass is 918 g/mol. The molecule has 3 atom stereocenters. The minimum absolute atomic E-state index is 0.00504. The number of ether oxygens (including phenoxy) is 2. The van der Waals surface area contributed by atoms with Gasteiger partial charge in [0.25, 0.3) is 0 Å². The van der Waals surface area contributed by atoms with Crippen molar-refractivity contribution in [3.05, 3.63) is 96.5 Å². The molecule has 6 bridgehead atoms. The number of benzene rings is 2. The Labute approximate surface area is 394 Å². The van der Waals surface area contributed by atoms with E-state index >= 15 is 0 Å². The largest absolute Gasteiger partial charge is 0.508 e. The molecule has 3 N–H and O–H groups in total. The number of aromatic hydroxyl groups is 1. The molecule has 15 nitrogen and oxygen atoms in total. The summed E-state index contributed by atoms with van der Waals surface area (Å²) in [5, 5.41) is 16.6. The number of pyridine rings is 1. The fourth-order valence-corrected chi connectivity index (χ4v) is 9.39. The second kappa shape index (κ2) is 21.5. The Hall–Kier alpha value is -6.32. The van der Waals surface area contributed by atoms with Crippen molar-refractivity contribution in [2.75, 3.05) is 40.9 Å². The van der Waals surface area contributed by atoms with Crippen LogP contribution in [0.25, 0.3) is 33.3 Å². The molecule has 0 aliphatic carbocycles. The number of amides is 4. The van der Waals surface area contributed by atoms with Gasteiger partial charge in [-0.2, -0.15) is 0 Å². The highest BCUT2D eigenvalue weighted by atomic mass is 16.5. The summed E-state index contributed by atoms with van der Waals surface area (Å²) in [7, 11) is 4.85. The van der Waals surface area contributed by atoms with Crippen molar-refractivity contribution >= 4 is 40.5 Å². The number of hydrogen-bond acceptors (Lipinski definition) is 10. The van der Waals surface area contributed by atoms with Crippen molar-refractivity contribution in [1.29, 1.82) is 0 Å². The summed E-state index contributed by atoms with van der Waals surface area (Å²) in [4.78, 5) is 75.8. The van der Waals surface area contributed by atoms with Crippen molar-refractivity contribution in [3.8, 4) is 28.1 Å². The fraction of sp³-hybridized carbons (Fsp3) is 0.462.